The molecule has 0 unspecified atom stereocenters. The van der Waals surface area contributed by atoms with Gasteiger partial charge >= 0.3 is 0 Å². The van der Waals surface area contributed by atoms with Crippen LogP contribution in [-0.2, 0) is 0 Å². The topological polar surface area (TPSA) is 41.3 Å². The van der Waals surface area contributed by atoms with E-state index in [1.54, 1.807) is 0 Å². The van der Waals surface area contributed by atoms with Crippen molar-refractivity contribution in [1.82, 2.24) is 10.2 Å². The zero-order valence-corrected chi connectivity index (χ0v) is 8.21. The van der Waals surface area contributed by atoms with Crippen LogP contribution in [0.5, 0.6) is 0 Å². The summed E-state index contributed by atoms with van der Waals surface area (Å²) in [7, 11) is 0. The van der Waals surface area contributed by atoms with Crippen LogP contribution in [0.1, 0.15) is 20.3 Å². The van der Waals surface area contributed by atoms with E-state index in [1.807, 2.05) is 0 Å². The highest BCUT2D eigenvalue weighted by atomic mass is 15.2. The first-order chi connectivity index (χ1) is 5.74. The van der Waals surface area contributed by atoms with Crippen LogP contribution in [-0.4, -0.2) is 43.2 Å². The number of hydrogen-bond donors (Lipinski definition) is 2. The third-order valence-electron chi connectivity index (χ3n) is 2.63. The second-order valence-electron chi connectivity index (χ2n) is 3.72. The predicted molar refractivity (Wildman–Crippen MR) is 52.2 cm³/mol. The average Bonchev–Trinajstić information content (AvgIpc) is 2.09. The Morgan fingerprint density at radius 2 is 2.42 bits per heavy atom. The van der Waals surface area contributed by atoms with Gasteiger partial charge in [0.1, 0.15) is 0 Å². The lowest BCUT2D eigenvalue weighted by Gasteiger charge is -2.35. The normalized spacial score (nSPS) is 28.8. The number of nitrogens with two attached hydrogens (primary N) is 1. The van der Waals surface area contributed by atoms with Gasteiger partial charge in [-0.2, -0.15) is 0 Å². The van der Waals surface area contributed by atoms with Crippen molar-refractivity contribution < 1.29 is 0 Å². The quantitative estimate of drug-likeness (QED) is 0.629. The van der Waals surface area contributed by atoms with Crippen LogP contribution in [0.4, 0.5) is 0 Å². The SMILES string of the molecule is CC[C@@H](N)CN1CCNC[C@@H]1C. The van der Waals surface area contributed by atoms with E-state index in [-0.39, 0.29) is 0 Å². The van der Waals surface area contributed by atoms with Gasteiger partial charge in [-0.1, -0.05) is 6.92 Å². The fraction of sp³-hybridized carbons (Fsp3) is 1.00. The van der Waals surface area contributed by atoms with Gasteiger partial charge in [-0.3, -0.25) is 4.90 Å². The molecule has 0 saturated carbocycles. The van der Waals surface area contributed by atoms with Gasteiger partial charge in [-0.15, -0.1) is 0 Å². The summed E-state index contributed by atoms with van der Waals surface area (Å²) in [5.74, 6) is 0. The summed E-state index contributed by atoms with van der Waals surface area (Å²) in [4.78, 5) is 2.48. The lowest BCUT2D eigenvalue weighted by atomic mass is 10.1. The first-order valence-electron chi connectivity index (χ1n) is 4.94. The molecule has 0 bridgehead atoms. The van der Waals surface area contributed by atoms with Crippen LogP contribution in [0.2, 0.25) is 0 Å². The van der Waals surface area contributed by atoms with Crippen molar-refractivity contribution in [2.75, 3.05) is 26.2 Å². The minimum Gasteiger partial charge on any atom is -0.327 e. The van der Waals surface area contributed by atoms with Crippen LogP contribution in [0.15, 0.2) is 0 Å². The molecule has 0 radical (unpaired) electrons. The predicted octanol–water partition coefficient (Wildman–Crippen LogP) is 0.0174. The van der Waals surface area contributed by atoms with E-state index in [9.17, 15) is 0 Å². The van der Waals surface area contributed by atoms with Crippen molar-refractivity contribution >= 4 is 0 Å². The summed E-state index contributed by atoms with van der Waals surface area (Å²) >= 11 is 0. The summed E-state index contributed by atoms with van der Waals surface area (Å²) in [5.41, 5.74) is 5.90. The van der Waals surface area contributed by atoms with Gasteiger partial charge in [-0.05, 0) is 13.3 Å². The molecule has 1 heterocycles. The highest BCUT2D eigenvalue weighted by Crippen LogP contribution is 2.03. The van der Waals surface area contributed by atoms with E-state index in [0.29, 0.717) is 12.1 Å². The van der Waals surface area contributed by atoms with Crippen LogP contribution < -0.4 is 11.1 Å². The van der Waals surface area contributed by atoms with Crippen molar-refractivity contribution in [3.8, 4) is 0 Å². The maximum Gasteiger partial charge on any atom is 0.0193 e. The second-order valence-corrected chi connectivity index (χ2v) is 3.72. The Morgan fingerprint density at radius 1 is 1.67 bits per heavy atom. The fourth-order valence-corrected chi connectivity index (χ4v) is 1.58. The third-order valence-corrected chi connectivity index (χ3v) is 2.63. The van der Waals surface area contributed by atoms with Gasteiger partial charge in [0.2, 0.25) is 0 Å². The zero-order chi connectivity index (χ0) is 8.97. The molecule has 72 valence electrons. The molecule has 0 spiro atoms. The first-order valence-corrected chi connectivity index (χ1v) is 4.94. The number of piperazine rings is 1. The van der Waals surface area contributed by atoms with Crippen molar-refractivity contribution in [1.29, 1.82) is 0 Å². The Hall–Kier alpha value is -0.120. The monoisotopic (exact) mass is 171 g/mol. The molecule has 0 aliphatic carbocycles. The first kappa shape index (κ1) is 9.96. The van der Waals surface area contributed by atoms with E-state index < -0.39 is 0 Å². The van der Waals surface area contributed by atoms with Gasteiger partial charge in [0.05, 0.1) is 0 Å². The summed E-state index contributed by atoms with van der Waals surface area (Å²) in [5, 5.41) is 3.37. The maximum absolute atomic E-state index is 5.90. The molecule has 3 N–H and O–H groups in total. The summed E-state index contributed by atoms with van der Waals surface area (Å²) in [6, 6.07) is 1.00. The molecule has 1 saturated heterocycles. The van der Waals surface area contributed by atoms with Crippen molar-refractivity contribution in [3.05, 3.63) is 0 Å². The molecule has 12 heavy (non-hydrogen) atoms. The van der Waals surface area contributed by atoms with E-state index in [2.05, 4.69) is 24.1 Å². The molecule has 1 aliphatic rings. The average molecular weight is 171 g/mol. The summed E-state index contributed by atoms with van der Waals surface area (Å²) in [6.45, 7) is 8.83. The largest absolute Gasteiger partial charge is 0.327 e. The molecule has 0 aromatic heterocycles. The summed E-state index contributed by atoms with van der Waals surface area (Å²) in [6.07, 6.45) is 1.08. The van der Waals surface area contributed by atoms with E-state index in [1.165, 1.54) is 0 Å². The minimum atomic E-state index is 0.352. The van der Waals surface area contributed by atoms with Crippen LogP contribution in [0.25, 0.3) is 0 Å². The Kier molecular flexibility index (Phi) is 3.98. The lowest BCUT2D eigenvalue weighted by molar-refractivity contribution is 0.163. The Labute approximate surface area is 75.3 Å². The van der Waals surface area contributed by atoms with Crippen LogP contribution >= 0.6 is 0 Å². The van der Waals surface area contributed by atoms with E-state index >= 15 is 0 Å². The molecular formula is C9H21N3. The smallest absolute Gasteiger partial charge is 0.0193 e. The van der Waals surface area contributed by atoms with Gasteiger partial charge < -0.3 is 11.1 Å². The molecule has 0 amide bonds. The lowest BCUT2D eigenvalue weighted by Crippen LogP contribution is -2.53. The fourth-order valence-electron chi connectivity index (χ4n) is 1.58. The molecule has 1 aliphatic heterocycles. The molecule has 2 atom stereocenters. The van der Waals surface area contributed by atoms with Gasteiger partial charge in [0.15, 0.2) is 0 Å². The highest BCUT2D eigenvalue weighted by molar-refractivity contribution is 4.78. The molecule has 1 rings (SSSR count). The second kappa shape index (κ2) is 4.80. The number of nitrogens with one attached hydrogen (secondary N) is 1. The van der Waals surface area contributed by atoms with E-state index in [4.69, 9.17) is 5.73 Å². The number of nitrogens with zero attached hydrogens (tertiary/aromatic N) is 1. The Bertz CT molecular complexity index is 127. The summed E-state index contributed by atoms with van der Waals surface area (Å²) < 4.78 is 0. The molecule has 3 heteroatoms. The van der Waals surface area contributed by atoms with Crippen molar-refractivity contribution in [3.63, 3.8) is 0 Å². The molecule has 1 fully saturated rings. The standard InChI is InChI=1S/C9H21N3/c1-3-9(10)7-12-5-4-11-6-8(12)2/h8-9,11H,3-7,10H2,1-2H3/t8-,9+/m0/s1. The Balaban J connectivity index is 2.28. The zero-order valence-electron chi connectivity index (χ0n) is 8.21. The molecule has 0 aromatic rings. The van der Waals surface area contributed by atoms with E-state index in [0.717, 1.165) is 32.6 Å². The molecular weight excluding hydrogens is 150 g/mol. The molecule has 0 aromatic carbocycles. The van der Waals surface area contributed by atoms with Crippen LogP contribution in [0.3, 0.4) is 0 Å². The molecule has 3 nitrogen and oxygen atoms in total. The van der Waals surface area contributed by atoms with Gasteiger partial charge in [0, 0.05) is 38.3 Å². The van der Waals surface area contributed by atoms with Crippen molar-refractivity contribution in [2.24, 2.45) is 5.73 Å². The third kappa shape index (κ3) is 2.73. The van der Waals surface area contributed by atoms with Gasteiger partial charge in [0.25, 0.3) is 0 Å². The Morgan fingerprint density at radius 3 is 3.00 bits per heavy atom. The number of rotatable bonds is 3. The van der Waals surface area contributed by atoms with Crippen LogP contribution in [0, 0.1) is 0 Å². The maximum atomic E-state index is 5.90. The highest BCUT2D eigenvalue weighted by Gasteiger charge is 2.18. The minimum absolute atomic E-state index is 0.352. The number of hydrogen-bond acceptors (Lipinski definition) is 3. The van der Waals surface area contributed by atoms with Crippen molar-refractivity contribution in [2.45, 2.75) is 32.4 Å². The van der Waals surface area contributed by atoms with Gasteiger partial charge in [-0.25, -0.2) is 0 Å².